The summed E-state index contributed by atoms with van der Waals surface area (Å²) < 4.78 is 13.4. The van der Waals surface area contributed by atoms with Crippen LogP contribution in [0.15, 0.2) is 72.8 Å². The van der Waals surface area contributed by atoms with Gasteiger partial charge in [-0.25, -0.2) is 4.39 Å². The molecule has 10 heteroatoms. The van der Waals surface area contributed by atoms with Crippen LogP contribution in [0.5, 0.6) is 0 Å². The molecule has 3 atom stereocenters. The van der Waals surface area contributed by atoms with E-state index >= 15 is 0 Å². The normalized spacial score (nSPS) is 16.8. The lowest BCUT2D eigenvalue weighted by Crippen LogP contribution is -2.55. The highest BCUT2D eigenvalue weighted by Gasteiger charge is 2.48. The number of nitrogens with zero attached hydrogens (tertiary/aromatic N) is 1. The number of aliphatic carboxylic acids is 2. The number of aliphatic hydroxyl groups is 1. The highest BCUT2D eigenvalue weighted by atomic mass is 19.1. The average Bonchev–Trinajstić information content (AvgIpc) is 3.01. The standard InChI is InChI=1S/C35H39FN2O7/c36-26-16-14-24(15-17-26)30(39)21-20-28-32(25-12-8-23(9-13-25)5-3-6-29(34(42)43)35(44)45)38(33(28)41)27-18-10-22(11-19-27)4-1-2-7-31(37)40/h8-19,28-30,32,39H,1-7,20-21H2,(H2,37,40)(H,42,43)(H,44,45)/t28-,30+,32-/m1/s1. The molecule has 1 fully saturated rings. The second-order valence-corrected chi connectivity index (χ2v) is 11.6. The first-order valence-corrected chi connectivity index (χ1v) is 15.2. The van der Waals surface area contributed by atoms with Crippen molar-refractivity contribution in [2.75, 3.05) is 4.90 Å². The molecule has 238 valence electrons. The number of carboxylic acids is 2. The first-order valence-electron chi connectivity index (χ1n) is 15.2. The predicted molar refractivity (Wildman–Crippen MR) is 166 cm³/mol. The maximum Gasteiger partial charge on any atom is 0.317 e. The molecule has 9 nitrogen and oxygen atoms in total. The van der Waals surface area contributed by atoms with Crippen LogP contribution in [-0.4, -0.2) is 39.1 Å². The molecular formula is C35H39FN2O7. The number of nitrogens with two attached hydrogens (primary N) is 1. The van der Waals surface area contributed by atoms with Gasteiger partial charge in [-0.2, -0.15) is 0 Å². The van der Waals surface area contributed by atoms with Crippen LogP contribution in [0.25, 0.3) is 0 Å². The summed E-state index contributed by atoms with van der Waals surface area (Å²) in [7, 11) is 0. The van der Waals surface area contributed by atoms with Crippen LogP contribution in [0.3, 0.4) is 0 Å². The number of unbranched alkanes of at least 4 members (excludes halogenated alkanes) is 1. The molecule has 0 aromatic heterocycles. The number of carboxylic acid groups (broad SMARTS) is 2. The van der Waals surface area contributed by atoms with Crippen molar-refractivity contribution >= 4 is 29.4 Å². The number of carbonyl (C=O) groups excluding carboxylic acids is 2. The lowest BCUT2D eigenvalue weighted by Gasteiger charge is -2.48. The molecule has 45 heavy (non-hydrogen) atoms. The molecular weight excluding hydrogens is 579 g/mol. The molecule has 0 bridgehead atoms. The number of halogens is 1. The minimum atomic E-state index is -1.44. The molecule has 4 rings (SSSR count). The summed E-state index contributed by atoms with van der Waals surface area (Å²) in [5, 5.41) is 29.0. The molecule has 1 aliphatic heterocycles. The molecule has 3 aromatic rings. The second-order valence-electron chi connectivity index (χ2n) is 11.6. The third-order valence-electron chi connectivity index (χ3n) is 8.45. The van der Waals surface area contributed by atoms with Gasteiger partial charge in [0.15, 0.2) is 5.92 Å². The number of hydrogen-bond acceptors (Lipinski definition) is 5. The Labute approximate surface area is 261 Å². The van der Waals surface area contributed by atoms with Gasteiger partial charge in [0.05, 0.1) is 18.1 Å². The summed E-state index contributed by atoms with van der Waals surface area (Å²) in [5.41, 5.74) is 9.47. The monoisotopic (exact) mass is 618 g/mol. The summed E-state index contributed by atoms with van der Waals surface area (Å²) in [5.74, 6) is -5.28. The van der Waals surface area contributed by atoms with E-state index in [1.165, 1.54) is 24.3 Å². The Kier molecular flexibility index (Phi) is 11.4. The van der Waals surface area contributed by atoms with Gasteiger partial charge in [0.2, 0.25) is 11.8 Å². The number of benzene rings is 3. The summed E-state index contributed by atoms with van der Waals surface area (Å²) >= 11 is 0. The van der Waals surface area contributed by atoms with Crippen molar-refractivity contribution in [1.29, 1.82) is 0 Å². The van der Waals surface area contributed by atoms with Gasteiger partial charge in [0.25, 0.3) is 0 Å². The summed E-state index contributed by atoms with van der Waals surface area (Å²) in [6.45, 7) is 0. The van der Waals surface area contributed by atoms with E-state index in [-0.39, 0.29) is 36.0 Å². The Morgan fingerprint density at radius 2 is 1.38 bits per heavy atom. The molecule has 0 saturated carbocycles. The predicted octanol–water partition coefficient (Wildman–Crippen LogP) is 5.35. The van der Waals surface area contributed by atoms with Crippen LogP contribution in [0.4, 0.5) is 10.1 Å². The third kappa shape index (κ3) is 8.76. The van der Waals surface area contributed by atoms with Crippen molar-refractivity contribution in [2.24, 2.45) is 17.6 Å². The molecule has 0 radical (unpaired) electrons. The van der Waals surface area contributed by atoms with E-state index in [4.69, 9.17) is 15.9 Å². The van der Waals surface area contributed by atoms with Crippen molar-refractivity contribution in [3.63, 3.8) is 0 Å². The number of hydrogen-bond donors (Lipinski definition) is 4. The zero-order valence-electron chi connectivity index (χ0n) is 25.0. The number of β-lactam (4-membered cyclic amide) rings is 1. The average molecular weight is 619 g/mol. The molecule has 1 saturated heterocycles. The number of aliphatic hydroxyl groups excluding tert-OH is 1. The van der Waals surface area contributed by atoms with Gasteiger partial charge in [-0.1, -0.05) is 48.5 Å². The van der Waals surface area contributed by atoms with Gasteiger partial charge >= 0.3 is 11.9 Å². The van der Waals surface area contributed by atoms with Gasteiger partial charge < -0.3 is 26.0 Å². The lowest BCUT2D eigenvalue weighted by atomic mass is 9.78. The molecule has 1 heterocycles. The Hall–Kier alpha value is -4.57. The molecule has 1 aliphatic rings. The highest BCUT2D eigenvalue weighted by molar-refractivity contribution is 6.03. The van der Waals surface area contributed by atoms with Crippen LogP contribution < -0.4 is 10.6 Å². The van der Waals surface area contributed by atoms with Crippen molar-refractivity contribution in [2.45, 2.75) is 69.9 Å². The Morgan fingerprint density at radius 1 is 0.800 bits per heavy atom. The topological polar surface area (TPSA) is 158 Å². The molecule has 0 spiro atoms. The molecule has 5 N–H and O–H groups in total. The fourth-order valence-electron chi connectivity index (χ4n) is 5.88. The van der Waals surface area contributed by atoms with E-state index < -0.39 is 24.0 Å². The van der Waals surface area contributed by atoms with Crippen LogP contribution in [-0.2, 0) is 32.0 Å². The van der Waals surface area contributed by atoms with Crippen LogP contribution in [0, 0.1) is 17.7 Å². The first kappa shape index (κ1) is 33.3. The quantitative estimate of drug-likeness (QED) is 0.0902. The van der Waals surface area contributed by atoms with Gasteiger partial charge in [0, 0.05) is 12.1 Å². The zero-order valence-corrected chi connectivity index (χ0v) is 25.0. The fraction of sp³-hybridized carbons (Fsp3) is 0.371. The molecule has 0 unspecified atom stereocenters. The molecule has 3 aromatic carbocycles. The van der Waals surface area contributed by atoms with Crippen LogP contribution in [0.1, 0.15) is 79.3 Å². The maximum absolute atomic E-state index is 13.5. The maximum atomic E-state index is 13.5. The number of amides is 2. The van der Waals surface area contributed by atoms with E-state index in [0.717, 1.165) is 35.2 Å². The van der Waals surface area contributed by atoms with E-state index in [1.807, 2.05) is 48.5 Å². The van der Waals surface area contributed by atoms with E-state index in [9.17, 15) is 28.7 Å². The van der Waals surface area contributed by atoms with Crippen molar-refractivity contribution in [3.8, 4) is 0 Å². The van der Waals surface area contributed by atoms with Crippen molar-refractivity contribution in [3.05, 3.63) is 101 Å². The summed E-state index contributed by atoms with van der Waals surface area (Å²) in [6, 6.07) is 20.8. The second kappa shape index (κ2) is 15.4. The van der Waals surface area contributed by atoms with Gasteiger partial charge in [-0.15, -0.1) is 0 Å². The van der Waals surface area contributed by atoms with E-state index in [1.54, 1.807) is 4.90 Å². The first-order chi connectivity index (χ1) is 21.5. The largest absolute Gasteiger partial charge is 0.481 e. The molecule has 0 aliphatic carbocycles. The van der Waals surface area contributed by atoms with Gasteiger partial charge in [-0.3, -0.25) is 19.2 Å². The van der Waals surface area contributed by atoms with Crippen molar-refractivity contribution in [1.82, 2.24) is 0 Å². The van der Waals surface area contributed by atoms with Gasteiger partial charge in [0.1, 0.15) is 5.82 Å². The smallest absolute Gasteiger partial charge is 0.317 e. The number of primary amides is 1. The number of anilines is 1. The van der Waals surface area contributed by atoms with Crippen LogP contribution >= 0.6 is 0 Å². The van der Waals surface area contributed by atoms with E-state index in [0.29, 0.717) is 44.1 Å². The lowest BCUT2D eigenvalue weighted by molar-refractivity contribution is -0.154. The SMILES string of the molecule is NC(=O)CCCCc1ccc(N2C(=O)[C@H](CC[C@H](O)c3ccc(F)cc3)[C@H]2c2ccc(CCCC(C(=O)O)C(=O)O)cc2)cc1. The van der Waals surface area contributed by atoms with Crippen LogP contribution in [0.2, 0.25) is 0 Å². The number of aryl methyl sites for hydroxylation is 2. The Balaban J connectivity index is 1.47. The minimum Gasteiger partial charge on any atom is -0.481 e. The Bertz CT molecular complexity index is 1460. The number of carbonyl (C=O) groups is 4. The van der Waals surface area contributed by atoms with E-state index in [2.05, 4.69) is 0 Å². The van der Waals surface area contributed by atoms with Gasteiger partial charge in [-0.05, 0) is 97.9 Å². The minimum absolute atomic E-state index is 0.0247. The third-order valence-corrected chi connectivity index (χ3v) is 8.45. The van der Waals surface area contributed by atoms with Crippen molar-refractivity contribution < 1.29 is 38.9 Å². The fourth-order valence-corrected chi connectivity index (χ4v) is 5.88. The highest BCUT2D eigenvalue weighted by Crippen LogP contribution is 2.46. The Morgan fingerprint density at radius 3 is 1.96 bits per heavy atom. The number of rotatable bonds is 17. The summed E-state index contributed by atoms with van der Waals surface area (Å²) in [4.78, 5) is 48.6. The molecule has 2 amide bonds. The zero-order chi connectivity index (χ0) is 32.5. The summed E-state index contributed by atoms with van der Waals surface area (Å²) in [6.07, 6.45) is 3.51.